The van der Waals surface area contributed by atoms with Crippen molar-refractivity contribution in [3.05, 3.63) is 90.0 Å². The number of aromatic nitrogens is 4. The van der Waals surface area contributed by atoms with E-state index in [1.807, 2.05) is 18.4 Å². The topological polar surface area (TPSA) is 102 Å². The Labute approximate surface area is 189 Å². The van der Waals surface area contributed by atoms with Crippen LogP contribution in [-0.4, -0.2) is 31.6 Å². The van der Waals surface area contributed by atoms with E-state index in [9.17, 15) is 9.59 Å². The largest absolute Gasteiger partial charge is 0.319 e. The Morgan fingerprint density at radius 3 is 2.42 bits per heavy atom. The van der Waals surface area contributed by atoms with Crippen molar-refractivity contribution in [2.45, 2.75) is 19.9 Å². The van der Waals surface area contributed by atoms with E-state index in [0.29, 0.717) is 17.1 Å². The number of halogens is 1. The van der Waals surface area contributed by atoms with Gasteiger partial charge in [0.15, 0.2) is 11.6 Å². The van der Waals surface area contributed by atoms with Gasteiger partial charge in [-0.05, 0) is 50.2 Å². The number of hydrogen-bond acceptors (Lipinski definition) is 5. The molecule has 0 saturated carbocycles. The van der Waals surface area contributed by atoms with Gasteiger partial charge in [-0.1, -0.05) is 30.3 Å². The van der Waals surface area contributed by atoms with Crippen molar-refractivity contribution in [3.8, 4) is 11.5 Å². The molecule has 33 heavy (non-hydrogen) atoms. The summed E-state index contributed by atoms with van der Waals surface area (Å²) >= 11 is 0. The SMILES string of the molecule is CC(C)n1cnnc1-c1cccc(NC(=O)c2cccc(NC(=O)c3ccccc3)c2F)n1. The van der Waals surface area contributed by atoms with Crippen LogP contribution in [0.5, 0.6) is 0 Å². The van der Waals surface area contributed by atoms with E-state index in [-0.39, 0.29) is 23.1 Å². The van der Waals surface area contributed by atoms with Gasteiger partial charge in [0.25, 0.3) is 11.8 Å². The number of nitrogens with zero attached hydrogens (tertiary/aromatic N) is 4. The van der Waals surface area contributed by atoms with Gasteiger partial charge in [-0.3, -0.25) is 9.59 Å². The highest BCUT2D eigenvalue weighted by atomic mass is 19.1. The van der Waals surface area contributed by atoms with Crippen molar-refractivity contribution in [2.24, 2.45) is 0 Å². The highest BCUT2D eigenvalue weighted by Crippen LogP contribution is 2.22. The molecule has 4 aromatic rings. The molecule has 4 rings (SSSR count). The first-order chi connectivity index (χ1) is 15.9. The van der Waals surface area contributed by atoms with Crippen molar-refractivity contribution in [2.75, 3.05) is 10.6 Å². The molecule has 2 amide bonds. The van der Waals surface area contributed by atoms with E-state index in [0.717, 1.165) is 0 Å². The standard InChI is InChI=1S/C24H21FN6O2/c1-15(2)31-14-26-30-22(31)19-12-7-13-20(27-19)29-24(33)17-10-6-11-18(21(17)25)28-23(32)16-8-4-3-5-9-16/h3-15H,1-2H3,(H,28,32)(H,27,29,33). The lowest BCUT2D eigenvalue weighted by atomic mass is 10.1. The summed E-state index contributed by atoms with van der Waals surface area (Å²) in [7, 11) is 0. The van der Waals surface area contributed by atoms with E-state index < -0.39 is 17.6 Å². The molecule has 0 fully saturated rings. The predicted octanol–water partition coefficient (Wildman–Crippen LogP) is 4.56. The maximum atomic E-state index is 15.0. The molecule has 8 nitrogen and oxygen atoms in total. The molecular weight excluding hydrogens is 423 g/mol. The number of carbonyl (C=O) groups is 2. The van der Waals surface area contributed by atoms with Gasteiger partial charge in [0.2, 0.25) is 0 Å². The Hall–Kier alpha value is -4.40. The smallest absolute Gasteiger partial charge is 0.259 e. The van der Waals surface area contributed by atoms with Crippen LogP contribution in [0.25, 0.3) is 11.5 Å². The van der Waals surface area contributed by atoms with Crippen molar-refractivity contribution < 1.29 is 14.0 Å². The predicted molar refractivity (Wildman–Crippen MR) is 122 cm³/mol. The van der Waals surface area contributed by atoms with E-state index in [4.69, 9.17) is 0 Å². The molecule has 2 heterocycles. The quantitative estimate of drug-likeness (QED) is 0.454. The first-order valence-corrected chi connectivity index (χ1v) is 10.3. The molecule has 2 N–H and O–H groups in total. The zero-order chi connectivity index (χ0) is 23.4. The molecule has 0 saturated heterocycles. The third-order valence-corrected chi connectivity index (χ3v) is 4.88. The normalized spacial score (nSPS) is 10.8. The molecule has 9 heteroatoms. The highest BCUT2D eigenvalue weighted by molar-refractivity contribution is 6.07. The average Bonchev–Trinajstić information content (AvgIpc) is 3.32. The summed E-state index contributed by atoms with van der Waals surface area (Å²) in [6.07, 6.45) is 1.61. The van der Waals surface area contributed by atoms with Crippen LogP contribution >= 0.6 is 0 Å². The molecule has 0 unspecified atom stereocenters. The molecule has 0 aliphatic carbocycles. The van der Waals surface area contributed by atoms with Crippen LogP contribution in [-0.2, 0) is 0 Å². The maximum absolute atomic E-state index is 15.0. The summed E-state index contributed by atoms with van der Waals surface area (Å²) in [4.78, 5) is 29.6. The minimum absolute atomic E-state index is 0.0942. The molecule has 2 aromatic heterocycles. The van der Waals surface area contributed by atoms with Crippen LogP contribution in [0.3, 0.4) is 0 Å². The lowest BCUT2D eigenvalue weighted by Crippen LogP contribution is -2.18. The van der Waals surface area contributed by atoms with Crippen molar-refractivity contribution >= 4 is 23.3 Å². The molecule has 0 spiro atoms. The zero-order valence-corrected chi connectivity index (χ0v) is 18.0. The summed E-state index contributed by atoms with van der Waals surface area (Å²) in [6, 6.07) is 17.8. The van der Waals surface area contributed by atoms with E-state index in [2.05, 4.69) is 25.8 Å². The second-order valence-corrected chi connectivity index (χ2v) is 7.51. The molecule has 0 radical (unpaired) electrons. The number of pyridine rings is 1. The van der Waals surface area contributed by atoms with Gasteiger partial charge in [-0.15, -0.1) is 10.2 Å². The minimum Gasteiger partial charge on any atom is -0.319 e. The summed E-state index contributed by atoms with van der Waals surface area (Å²) in [5, 5.41) is 13.1. The summed E-state index contributed by atoms with van der Waals surface area (Å²) < 4.78 is 16.9. The van der Waals surface area contributed by atoms with Gasteiger partial charge in [0, 0.05) is 11.6 Å². The van der Waals surface area contributed by atoms with Crippen molar-refractivity contribution in [3.63, 3.8) is 0 Å². The Bertz CT molecular complexity index is 1300. The van der Waals surface area contributed by atoms with Gasteiger partial charge < -0.3 is 15.2 Å². The number of benzene rings is 2. The lowest BCUT2D eigenvalue weighted by Gasteiger charge is -2.12. The summed E-state index contributed by atoms with van der Waals surface area (Å²) in [5.41, 5.74) is 0.576. The Morgan fingerprint density at radius 1 is 0.909 bits per heavy atom. The maximum Gasteiger partial charge on any atom is 0.259 e. The number of hydrogen-bond donors (Lipinski definition) is 2. The number of amides is 2. The molecule has 2 aromatic carbocycles. The first-order valence-electron chi connectivity index (χ1n) is 10.3. The zero-order valence-electron chi connectivity index (χ0n) is 18.0. The van der Waals surface area contributed by atoms with Gasteiger partial charge in [-0.25, -0.2) is 9.37 Å². The minimum atomic E-state index is -0.838. The first kappa shape index (κ1) is 21.8. The average molecular weight is 444 g/mol. The molecule has 0 atom stereocenters. The van der Waals surface area contributed by atoms with E-state index in [1.165, 1.54) is 18.2 Å². The van der Waals surface area contributed by atoms with E-state index >= 15 is 4.39 Å². The third kappa shape index (κ3) is 4.77. The molecular formula is C24H21FN6O2. The Morgan fingerprint density at radius 2 is 1.67 bits per heavy atom. The fourth-order valence-electron chi connectivity index (χ4n) is 3.20. The number of nitrogens with one attached hydrogen (secondary N) is 2. The molecule has 166 valence electrons. The monoisotopic (exact) mass is 444 g/mol. The third-order valence-electron chi connectivity index (χ3n) is 4.88. The Balaban J connectivity index is 1.54. The van der Waals surface area contributed by atoms with Crippen LogP contribution in [0.2, 0.25) is 0 Å². The van der Waals surface area contributed by atoms with Crippen LogP contribution in [0.15, 0.2) is 73.1 Å². The van der Waals surface area contributed by atoms with Crippen molar-refractivity contribution in [1.82, 2.24) is 19.7 Å². The number of rotatable bonds is 6. The molecule has 0 aliphatic rings. The molecule has 0 bridgehead atoms. The fourth-order valence-corrected chi connectivity index (χ4v) is 3.20. The number of carbonyl (C=O) groups excluding carboxylic acids is 2. The molecule has 0 aliphatic heterocycles. The second kappa shape index (κ2) is 9.39. The fraction of sp³-hybridized carbons (Fsp3) is 0.125. The van der Waals surface area contributed by atoms with Gasteiger partial charge in [-0.2, -0.15) is 0 Å². The Kier molecular flexibility index (Phi) is 6.21. The van der Waals surface area contributed by atoms with Gasteiger partial charge in [0.1, 0.15) is 17.8 Å². The summed E-state index contributed by atoms with van der Waals surface area (Å²) in [6.45, 7) is 3.98. The number of anilines is 2. The highest BCUT2D eigenvalue weighted by Gasteiger charge is 2.18. The van der Waals surface area contributed by atoms with E-state index in [1.54, 1.807) is 54.9 Å². The van der Waals surface area contributed by atoms with Crippen LogP contribution in [0, 0.1) is 5.82 Å². The lowest BCUT2D eigenvalue weighted by molar-refractivity contribution is 0.101. The van der Waals surface area contributed by atoms with Gasteiger partial charge >= 0.3 is 0 Å². The second-order valence-electron chi connectivity index (χ2n) is 7.51. The van der Waals surface area contributed by atoms with Gasteiger partial charge in [0.05, 0.1) is 11.3 Å². The summed E-state index contributed by atoms with van der Waals surface area (Å²) in [5.74, 6) is -1.23. The van der Waals surface area contributed by atoms with Crippen LogP contribution in [0.4, 0.5) is 15.9 Å². The van der Waals surface area contributed by atoms with Crippen LogP contribution < -0.4 is 10.6 Å². The van der Waals surface area contributed by atoms with Crippen molar-refractivity contribution in [1.29, 1.82) is 0 Å². The van der Waals surface area contributed by atoms with Crippen LogP contribution in [0.1, 0.15) is 40.6 Å².